The lowest BCUT2D eigenvalue weighted by molar-refractivity contribution is -0.139. The van der Waals surface area contributed by atoms with Crippen LogP contribution < -0.4 is 5.73 Å². The molecule has 0 aromatic heterocycles. The highest BCUT2D eigenvalue weighted by Gasteiger charge is 2.41. The molecule has 2 amide bonds. The van der Waals surface area contributed by atoms with Crippen LogP contribution in [0, 0.1) is 11.8 Å². The fourth-order valence-corrected chi connectivity index (χ4v) is 1.98. The van der Waals surface area contributed by atoms with E-state index in [4.69, 9.17) is 5.73 Å². The number of unbranched alkanes of at least 4 members (excludes halogenated alkanes) is 1. The molecule has 0 aromatic carbocycles. The average Bonchev–Trinajstić information content (AvgIpc) is 2.40. The second-order valence-electron chi connectivity index (χ2n) is 4.88. The average molecular weight is 226 g/mol. The monoisotopic (exact) mass is 226 g/mol. The standard InChI is InChI=1S/C12H22N2O2/c1-8(13)6-4-5-7-14-11(15)9(2)10(3)12(14)16/h8-10H,4-7,13H2,1-3H3. The molecule has 92 valence electrons. The predicted molar refractivity (Wildman–Crippen MR) is 62.5 cm³/mol. The van der Waals surface area contributed by atoms with Crippen LogP contribution in [0.4, 0.5) is 0 Å². The first kappa shape index (κ1) is 13.2. The number of imide groups is 1. The van der Waals surface area contributed by atoms with E-state index in [1.165, 1.54) is 4.90 Å². The Hall–Kier alpha value is -0.900. The fourth-order valence-electron chi connectivity index (χ4n) is 1.98. The zero-order valence-corrected chi connectivity index (χ0v) is 10.4. The minimum Gasteiger partial charge on any atom is -0.328 e. The van der Waals surface area contributed by atoms with E-state index in [0.29, 0.717) is 6.54 Å². The molecule has 3 unspecified atom stereocenters. The predicted octanol–water partition coefficient (Wildman–Crippen LogP) is 1.14. The summed E-state index contributed by atoms with van der Waals surface area (Å²) in [7, 11) is 0. The number of amides is 2. The van der Waals surface area contributed by atoms with Crippen LogP contribution in [0.15, 0.2) is 0 Å². The van der Waals surface area contributed by atoms with Gasteiger partial charge in [0.25, 0.3) is 0 Å². The van der Waals surface area contributed by atoms with Gasteiger partial charge in [0, 0.05) is 24.4 Å². The van der Waals surface area contributed by atoms with Gasteiger partial charge in [-0.2, -0.15) is 0 Å². The quantitative estimate of drug-likeness (QED) is 0.565. The molecular formula is C12H22N2O2. The smallest absolute Gasteiger partial charge is 0.232 e. The first-order valence-corrected chi connectivity index (χ1v) is 6.06. The summed E-state index contributed by atoms with van der Waals surface area (Å²) in [6.45, 7) is 6.18. The summed E-state index contributed by atoms with van der Waals surface area (Å²) in [6.07, 6.45) is 2.78. The van der Waals surface area contributed by atoms with Crippen LogP contribution in [0.3, 0.4) is 0 Å². The number of carbonyl (C=O) groups is 2. The molecule has 3 atom stereocenters. The normalized spacial score (nSPS) is 27.6. The van der Waals surface area contributed by atoms with E-state index in [9.17, 15) is 9.59 Å². The van der Waals surface area contributed by atoms with Crippen molar-refractivity contribution in [2.24, 2.45) is 17.6 Å². The molecule has 2 N–H and O–H groups in total. The van der Waals surface area contributed by atoms with Gasteiger partial charge in [-0.15, -0.1) is 0 Å². The van der Waals surface area contributed by atoms with Crippen molar-refractivity contribution in [1.82, 2.24) is 4.90 Å². The molecule has 0 spiro atoms. The van der Waals surface area contributed by atoms with Crippen molar-refractivity contribution in [2.45, 2.75) is 46.1 Å². The summed E-state index contributed by atoms with van der Waals surface area (Å²) in [5.74, 6) is -0.335. The van der Waals surface area contributed by atoms with Gasteiger partial charge >= 0.3 is 0 Å². The van der Waals surface area contributed by atoms with Crippen molar-refractivity contribution in [1.29, 1.82) is 0 Å². The number of likely N-dealkylation sites (tertiary alicyclic amines) is 1. The SMILES string of the molecule is CC(N)CCCCN1C(=O)C(C)C(C)C1=O. The highest BCUT2D eigenvalue weighted by atomic mass is 16.2. The Bertz CT molecular complexity index is 256. The molecule has 1 fully saturated rings. The lowest BCUT2D eigenvalue weighted by Gasteiger charge is -2.14. The van der Waals surface area contributed by atoms with Crippen LogP contribution in [-0.2, 0) is 9.59 Å². The summed E-state index contributed by atoms with van der Waals surface area (Å²) >= 11 is 0. The Balaban J connectivity index is 2.37. The first-order chi connectivity index (χ1) is 7.45. The number of hydrogen-bond donors (Lipinski definition) is 1. The number of nitrogens with zero attached hydrogens (tertiary/aromatic N) is 1. The van der Waals surface area contributed by atoms with Crippen molar-refractivity contribution < 1.29 is 9.59 Å². The van der Waals surface area contributed by atoms with Crippen molar-refractivity contribution in [3.05, 3.63) is 0 Å². The maximum atomic E-state index is 11.7. The maximum absolute atomic E-state index is 11.7. The third kappa shape index (κ3) is 2.82. The molecule has 0 aromatic rings. The maximum Gasteiger partial charge on any atom is 0.232 e. The molecule has 0 bridgehead atoms. The van der Waals surface area contributed by atoms with E-state index in [-0.39, 0.29) is 29.7 Å². The second kappa shape index (κ2) is 5.43. The Kier molecular flexibility index (Phi) is 4.47. The zero-order valence-electron chi connectivity index (χ0n) is 10.4. The van der Waals surface area contributed by atoms with Crippen molar-refractivity contribution in [3.8, 4) is 0 Å². The van der Waals surface area contributed by atoms with Gasteiger partial charge in [0.05, 0.1) is 0 Å². The number of nitrogens with two attached hydrogens (primary N) is 1. The summed E-state index contributed by atoms with van der Waals surface area (Å²) in [6, 6.07) is 0.197. The molecule has 1 rings (SSSR count). The van der Waals surface area contributed by atoms with E-state index in [1.54, 1.807) is 0 Å². The summed E-state index contributed by atoms with van der Waals surface area (Å²) in [5.41, 5.74) is 5.64. The van der Waals surface area contributed by atoms with Crippen molar-refractivity contribution in [3.63, 3.8) is 0 Å². The number of carbonyl (C=O) groups excluding carboxylic acids is 2. The van der Waals surface area contributed by atoms with Gasteiger partial charge in [0.15, 0.2) is 0 Å². The fraction of sp³-hybridized carbons (Fsp3) is 0.833. The minimum absolute atomic E-state index is 0.0155. The molecule has 1 aliphatic heterocycles. The highest BCUT2D eigenvalue weighted by molar-refractivity contribution is 6.04. The molecule has 0 saturated carbocycles. The third-order valence-corrected chi connectivity index (χ3v) is 3.35. The first-order valence-electron chi connectivity index (χ1n) is 6.06. The van der Waals surface area contributed by atoms with Crippen LogP contribution in [0.2, 0.25) is 0 Å². The van der Waals surface area contributed by atoms with Crippen LogP contribution in [0.1, 0.15) is 40.0 Å². The van der Waals surface area contributed by atoms with Crippen LogP contribution >= 0.6 is 0 Å². The van der Waals surface area contributed by atoms with Gasteiger partial charge < -0.3 is 5.73 Å². The van der Waals surface area contributed by atoms with E-state index in [2.05, 4.69) is 0 Å². The largest absolute Gasteiger partial charge is 0.328 e. The molecular weight excluding hydrogens is 204 g/mol. The Morgan fingerprint density at radius 1 is 1.19 bits per heavy atom. The third-order valence-electron chi connectivity index (χ3n) is 3.35. The van der Waals surface area contributed by atoms with Crippen molar-refractivity contribution >= 4 is 11.8 Å². The lowest BCUT2D eigenvalue weighted by Crippen LogP contribution is -2.32. The number of hydrogen-bond acceptors (Lipinski definition) is 3. The summed E-state index contributed by atoms with van der Waals surface area (Å²) in [5, 5.41) is 0. The molecule has 1 saturated heterocycles. The summed E-state index contributed by atoms with van der Waals surface area (Å²) < 4.78 is 0. The number of rotatable bonds is 5. The molecule has 4 heteroatoms. The molecule has 0 radical (unpaired) electrons. The van der Waals surface area contributed by atoms with Crippen LogP contribution in [-0.4, -0.2) is 29.3 Å². The van der Waals surface area contributed by atoms with Crippen molar-refractivity contribution in [2.75, 3.05) is 6.54 Å². The van der Waals surface area contributed by atoms with E-state index >= 15 is 0 Å². The van der Waals surface area contributed by atoms with Gasteiger partial charge in [-0.25, -0.2) is 0 Å². The molecule has 1 aliphatic rings. The van der Waals surface area contributed by atoms with Crippen LogP contribution in [0.5, 0.6) is 0 Å². The van der Waals surface area contributed by atoms with Gasteiger partial charge in [0.1, 0.15) is 0 Å². The Morgan fingerprint density at radius 2 is 1.69 bits per heavy atom. The van der Waals surface area contributed by atoms with E-state index in [0.717, 1.165) is 19.3 Å². The van der Waals surface area contributed by atoms with E-state index < -0.39 is 0 Å². The van der Waals surface area contributed by atoms with Gasteiger partial charge in [0.2, 0.25) is 11.8 Å². The Morgan fingerprint density at radius 3 is 2.12 bits per heavy atom. The summed E-state index contributed by atoms with van der Waals surface area (Å²) in [4.78, 5) is 24.9. The van der Waals surface area contributed by atoms with Gasteiger partial charge in [-0.05, 0) is 19.8 Å². The molecule has 1 heterocycles. The topological polar surface area (TPSA) is 63.4 Å². The molecule has 4 nitrogen and oxygen atoms in total. The van der Waals surface area contributed by atoms with E-state index in [1.807, 2.05) is 20.8 Å². The molecule has 0 aliphatic carbocycles. The highest BCUT2D eigenvalue weighted by Crippen LogP contribution is 2.25. The zero-order chi connectivity index (χ0) is 12.3. The second-order valence-corrected chi connectivity index (χ2v) is 4.88. The van der Waals surface area contributed by atoms with Gasteiger partial charge in [-0.1, -0.05) is 20.3 Å². The van der Waals surface area contributed by atoms with Crippen LogP contribution in [0.25, 0.3) is 0 Å². The minimum atomic E-state index is -0.152. The Labute approximate surface area is 97.2 Å². The molecule has 16 heavy (non-hydrogen) atoms. The van der Waals surface area contributed by atoms with Gasteiger partial charge in [-0.3, -0.25) is 14.5 Å². The lowest BCUT2D eigenvalue weighted by atomic mass is 10.00.